The number of hydrogen-bond acceptors (Lipinski definition) is 4. The van der Waals surface area contributed by atoms with E-state index >= 15 is 0 Å². The Bertz CT molecular complexity index is 1190. The third-order valence-electron chi connectivity index (χ3n) is 7.70. The lowest BCUT2D eigenvalue weighted by atomic mass is 9.89. The summed E-state index contributed by atoms with van der Waals surface area (Å²) in [5.74, 6) is 0.589. The number of aromatic nitrogens is 1. The van der Waals surface area contributed by atoms with Gasteiger partial charge in [0.25, 0.3) is 0 Å². The number of halogens is 3. The molecule has 5 nitrogen and oxygen atoms in total. The molecule has 178 valence electrons. The maximum Gasteiger partial charge on any atom is 0.401 e. The fraction of sp³-hybridized carbons (Fsp3) is 0.500. The number of aliphatic imine (C=N–C) groups is 1. The second-order valence-corrected chi connectivity index (χ2v) is 10.2. The van der Waals surface area contributed by atoms with Crippen LogP contribution < -0.4 is 0 Å². The highest BCUT2D eigenvalue weighted by Gasteiger charge is 2.48. The summed E-state index contributed by atoms with van der Waals surface area (Å²) in [5.41, 5.74) is 7.22. The van der Waals surface area contributed by atoms with Crippen molar-refractivity contribution in [3.05, 3.63) is 64.0 Å². The molecule has 1 aliphatic carbocycles. The van der Waals surface area contributed by atoms with Crippen LogP contribution in [0.1, 0.15) is 46.4 Å². The van der Waals surface area contributed by atoms with E-state index < -0.39 is 12.7 Å². The Hall–Kier alpha value is -2.74. The number of alkyl halides is 3. The largest absolute Gasteiger partial charge is 0.401 e. The van der Waals surface area contributed by atoms with Gasteiger partial charge in [-0.05, 0) is 66.5 Å². The predicted octanol–water partition coefficient (Wildman–Crippen LogP) is 3.90. The van der Waals surface area contributed by atoms with Crippen molar-refractivity contribution in [2.24, 2.45) is 16.8 Å². The molecular weight excluding hydrogens is 441 g/mol. The number of likely N-dealkylation sites (tertiary alicyclic amines) is 1. The fourth-order valence-electron chi connectivity index (χ4n) is 6.03. The van der Waals surface area contributed by atoms with Crippen LogP contribution in [-0.4, -0.2) is 58.3 Å². The van der Waals surface area contributed by atoms with Gasteiger partial charge in [-0.25, -0.2) is 0 Å². The van der Waals surface area contributed by atoms with Gasteiger partial charge in [0.15, 0.2) is 0 Å². The maximum absolute atomic E-state index is 13.2. The number of aryl methyl sites for hydroxylation is 1. The number of carbonyl (C=O) groups excluding carboxylic acids is 1. The van der Waals surface area contributed by atoms with Gasteiger partial charge >= 0.3 is 6.18 Å². The summed E-state index contributed by atoms with van der Waals surface area (Å²) in [6.07, 6.45) is -0.0198. The molecule has 2 fully saturated rings. The Morgan fingerprint density at radius 1 is 1.09 bits per heavy atom. The Balaban J connectivity index is 1.28. The molecule has 6 rings (SSSR count). The van der Waals surface area contributed by atoms with Crippen LogP contribution in [0.25, 0.3) is 0 Å². The van der Waals surface area contributed by atoms with Crippen molar-refractivity contribution in [3.63, 3.8) is 0 Å². The van der Waals surface area contributed by atoms with Crippen LogP contribution in [0.3, 0.4) is 0 Å². The molecule has 1 aromatic carbocycles. The third-order valence-corrected chi connectivity index (χ3v) is 7.70. The van der Waals surface area contributed by atoms with Gasteiger partial charge in [-0.2, -0.15) is 13.2 Å². The molecule has 1 saturated heterocycles. The van der Waals surface area contributed by atoms with Crippen LogP contribution in [0.15, 0.2) is 35.5 Å². The first-order valence-corrected chi connectivity index (χ1v) is 12.0. The number of fused-ring (bicyclic) bond motifs is 2. The molecule has 3 aliphatic heterocycles. The van der Waals surface area contributed by atoms with E-state index in [1.807, 2.05) is 24.0 Å². The summed E-state index contributed by atoms with van der Waals surface area (Å²) in [6.45, 7) is 2.83. The van der Waals surface area contributed by atoms with Crippen molar-refractivity contribution in [1.29, 1.82) is 0 Å². The molecule has 1 saturated carbocycles. The highest BCUT2D eigenvalue weighted by Crippen LogP contribution is 2.44. The molecule has 0 radical (unpaired) electrons. The Kier molecular flexibility index (Phi) is 5.06. The van der Waals surface area contributed by atoms with E-state index in [1.54, 1.807) is 6.20 Å². The molecule has 2 atom stereocenters. The number of nitrogens with zero attached hydrogens (tertiary/aromatic N) is 4. The molecule has 2 aromatic rings. The standard InChI is InChI=1S/C26H27F3N4O/c1-15-6-17(4-5-30-15)25-21-8-20-11-33(24(34)9-18(20)7-19(21)10-31-25)23-13-32(14-26(27,28)29)12-22(23)16-2-3-16/h4-8,16,22-23H,2-3,9-14H2,1H3/t22-,23+/m0/s1. The van der Waals surface area contributed by atoms with Gasteiger partial charge in [0.05, 0.1) is 25.2 Å². The number of carbonyl (C=O) groups is 1. The Morgan fingerprint density at radius 2 is 1.91 bits per heavy atom. The van der Waals surface area contributed by atoms with Crippen molar-refractivity contribution in [2.75, 3.05) is 19.6 Å². The highest BCUT2D eigenvalue weighted by atomic mass is 19.4. The molecule has 0 spiro atoms. The first kappa shape index (κ1) is 21.8. The van der Waals surface area contributed by atoms with E-state index in [1.165, 1.54) is 4.90 Å². The van der Waals surface area contributed by atoms with Crippen molar-refractivity contribution < 1.29 is 18.0 Å². The van der Waals surface area contributed by atoms with E-state index in [4.69, 9.17) is 4.99 Å². The van der Waals surface area contributed by atoms with Crippen LogP contribution in [0.4, 0.5) is 13.2 Å². The van der Waals surface area contributed by atoms with Gasteiger partial charge in [0, 0.05) is 48.7 Å². The first-order valence-electron chi connectivity index (χ1n) is 12.0. The third kappa shape index (κ3) is 4.02. The summed E-state index contributed by atoms with van der Waals surface area (Å²) in [6, 6.07) is 8.09. The smallest absolute Gasteiger partial charge is 0.333 e. The lowest BCUT2D eigenvalue weighted by molar-refractivity contribution is -0.144. The zero-order chi connectivity index (χ0) is 23.6. The number of hydrogen-bond donors (Lipinski definition) is 0. The molecule has 8 heteroatoms. The number of benzene rings is 1. The van der Waals surface area contributed by atoms with Crippen LogP contribution >= 0.6 is 0 Å². The molecule has 1 amide bonds. The lowest BCUT2D eigenvalue weighted by Crippen LogP contribution is -2.48. The zero-order valence-electron chi connectivity index (χ0n) is 19.1. The van der Waals surface area contributed by atoms with Crippen molar-refractivity contribution in [3.8, 4) is 0 Å². The minimum atomic E-state index is -4.22. The predicted molar refractivity (Wildman–Crippen MR) is 122 cm³/mol. The quantitative estimate of drug-likeness (QED) is 0.684. The lowest BCUT2D eigenvalue weighted by Gasteiger charge is -2.37. The first-order chi connectivity index (χ1) is 16.2. The topological polar surface area (TPSA) is 48.8 Å². The van der Waals surface area contributed by atoms with Gasteiger partial charge in [-0.15, -0.1) is 0 Å². The Labute approximate surface area is 196 Å². The molecule has 34 heavy (non-hydrogen) atoms. The molecule has 0 unspecified atom stereocenters. The summed E-state index contributed by atoms with van der Waals surface area (Å²) in [7, 11) is 0. The van der Waals surface area contributed by atoms with Gasteiger partial charge in [0.1, 0.15) is 0 Å². The van der Waals surface area contributed by atoms with Gasteiger partial charge in [-0.3, -0.25) is 19.7 Å². The average molecular weight is 469 g/mol. The second kappa shape index (κ2) is 7.90. The van der Waals surface area contributed by atoms with Crippen molar-refractivity contribution in [2.45, 2.75) is 51.5 Å². The number of pyridine rings is 1. The Morgan fingerprint density at radius 3 is 2.65 bits per heavy atom. The minimum Gasteiger partial charge on any atom is -0.333 e. The van der Waals surface area contributed by atoms with E-state index in [-0.39, 0.29) is 17.9 Å². The normalized spacial score (nSPS) is 24.9. The summed E-state index contributed by atoms with van der Waals surface area (Å²) in [4.78, 5) is 25.6. The summed E-state index contributed by atoms with van der Waals surface area (Å²) < 4.78 is 39.3. The van der Waals surface area contributed by atoms with E-state index in [0.717, 1.165) is 52.1 Å². The molecule has 4 heterocycles. The zero-order valence-corrected chi connectivity index (χ0v) is 19.1. The van der Waals surface area contributed by atoms with Crippen molar-refractivity contribution >= 4 is 11.6 Å². The van der Waals surface area contributed by atoms with Crippen LogP contribution in [0.5, 0.6) is 0 Å². The van der Waals surface area contributed by atoms with E-state index in [2.05, 4.69) is 17.1 Å². The van der Waals surface area contributed by atoms with Gasteiger partial charge < -0.3 is 4.90 Å². The van der Waals surface area contributed by atoms with E-state index in [0.29, 0.717) is 38.5 Å². The molecule has 0 bridgehead atoms. The monoisotopic (exact) mass is 468 g/mol. The van der Waals surface area contributed by atoms with Crippen LogP contribution in [-0.2, 0) is 24.3 Å². The minimum absolute atomic E-state index is 0.0286. The summed E-state index contributed by atoms with van der Waals surface area (Å²) in [5, 5.41) is 0. The fourth-order valence-corrected chi connectivity index (χ4v) is 6.03. The number of amides is 1. The van der Waals surface area contributed by atoms with Gasteiger partial charge in [-0.1, -0.05) is 6.07 Å². The molecule has 1 aromatic heterocycles. The number of rotatable bonds is 4. The van der Waals surface area contributed by atoms with E-state index in [9.17, 15) is 18.0 Å². The SMILES string of the molecule is Cc1cc(C2=NCc3cc4c(cc32)CN([C@@H]2CN(CC(F)(F)F)C[C@H]2C2CC2)C(=O)C4)ccn1. The van der Waals surface area contributed by atoms with Crippen molar-refractivity contribution in [1.82, 2.24) is 14.8 Å². The summed E-state index contributed by atoms with van der Waals surface area (Å²) >= 11 is 0. The van der Waals surface area contributed by atoms with Crippen LogP contribution in [0.2, 0.25) is 0 Å². The molecular formula is C26H27F3N4O. The average Bonchev–Trinajstić information content (AvgIpc) is 3.41. The molecule has 0 N–H and O–H groups in total. The van der Waals surface area contributed by atoms with Gasteiger partial charge in [0.2, 0.25) is 5.91 Å². The highest BCUT2D eigenvalue weighted by molar-refractivity contribution is 6.15. The molecule has 4 aliphatic rings. The maximum atomic E-state index is 13.2. The second-order valence-electron chi connectivity index (χ2n) is 10.2. The van der Waals surface area contributed by atoms with Crippen LogP contribution in [0, 0.1) is 18.8 Å².